The third kappa shape index (κ3) is 3.08. The summed E-state index contributed by atoms with van der Waals surface area (Å²) in [6.07, 6.45) is -1.000. The number of benzene rings is 1. The van der Waals surface area contributed by atoms with Gasteiger partial charge in [-0.05, 0) is 32.9 Å². The molecule has 1 aromatic carbocycles. The smallest absolute Gasteiger partial charge is 0.329 e. The number of hydrogen-bond acceptors (Lipinski definition) is 5. The molecule has 1 N–H and O–H groups in total. The summed E-state index contributed by atoms with van der Waals surface area (Å²) in [4.78, 5) is 49.2. The van der Waals surface area contributed by atoms with Crippen molar-refractivity contribution in [1.29, 1.82) is 0 Å². The lowest BCUT2D eigenvalue weighted by atomic mass is 10.1. The molecule has 1 heterocycles. The number of carbonyl (C=O) groups excluding carboxylic acids is 4. The first-order valence-corrected chi connectivity index (χ1v) is 7.33. The van der Waals surface area contributed by atoms with E-state index >= 15 is 0 Å². The van der Waals surface area contributed by atoms with Gasteiger partial charge in [0.1, 0.15) is 6.04 Å². The second-order valence-corrected chi connectivity index (χ2v) is 5.18. The Morgan fingerprint density at radius 2 is 1.65 bits per heavy atom. The van der Waals surface area contributed by atoms with E-state index in [9.17, 15) is 19.2 Å². The molecule has 3 amide bonds. The van der Waals surface area contributed by atoms with Gasteiger partial charge in [0.15, 0.2) is 6.10 Å². The van der Waals surface area contributed by atoms with Gasteiger partial charge in [-0.2, -0.15) is 0 Å². The summed E-state index contributed by atoms with van der Waals surface area (Å²) in [5.74, 6) is -2.32. The molecule has 23 heavy (non-hydrogen) atoms. The van der Waals surface area contributed by atoms with Crippen molar-refractivity contribution in [2.24, 2.45) is 0 Å². The highest BCUT2D eigenvalue weighted by Crippen LogP contribution is 2.24. The van der Waals surface area contributed by atoms with E-state index in [1.54, 1.807) is 19.1 Å². The summed E-state index contributed by atoms with van der Waals surface area (Å²) >= 11 is 0. The Hall–Kier alpha value is -2.70. The molecule has 0 fully saturated rings. The first-order valence-electron chi connectivity index (χ1n) is 7.33. The largest absolute Gasteiger partial charge is 0.451 e. The third-order valence-corrected chi connectivity index (χ3v) is 3.57. The molecule has 7 nitrogen and oxygen atoms in total. The summed E-state index contributed by atoms with van der Waals surface area (Å²) in [7, 11) is 0. The maximum Gasteiger partial charge on any atom is 0.329 e. The minimum absolute atomic E-state index is 0.258. The van der Waals surface area contributed by atoms with Crippen LogP contribution in [0.25, 0.3) is 0 Å². The van der Waals surface area contributed by atoms with E-state index in [0.717, 1.165) is 4.90 Å². The van der Waals surface area contributed by atoms with Gasteiger partial charge >= 0.3 is 5.97 Å². The lowest BCUT2D eigenvalue weighted by Gasteiger charge is -2.22. The molecule has 0 aliphatic carbocycles. The summed E-state index contributed by atoms with van der Waals surface area (Å²) in [5, 5.41) is 2.53. The minimum Gasteiger partial charge on any atom is -0.451 e. The molecule has 122 valence electrons. The summed E-state index contributed by atoms with van der Waals surface area (Å²) in [6, 6.07) is 5.25. The fraction of sp³-hybridized carbons (Fsp3) is 0.375. The highest BCUT2D eigenvalue weighted by molar-refractivity contribution is 6.22. The predicted octanol–water partition coefficient (Wildman–Crippen LogP) is 0.739. The maximum absolute atomic E-state index is 12.3. The zero-order chi connectivity index (χ0) is 17.1. The zero-order valence-corrected chi connectivity index (χ0v) is 13.2. The Balaban J connectivity index is 2.11. The second-order valence-electron chi connectivity index (χ2n) is 5.18. The molecule has 1 aromatic rings. The van der Waals surface area contributed by atoms with E-state index in [2.05, 4.69) is 5.32 Å². The van der Waals surface area contributed by atoms with E-state index < -0.39 is 35.8 Å². The average Bonchev–Trinajstić information content (AvgIpc) is 2.78. The molecule has 0 bridgehead atoms. The summed E-state index contributed by atoms with van der Waals surface area (Å²) < 4.78 is 5.04. The lowest BCUT2D eigenvalue weighted by molar-refractivity contribution is -0.158. The number of nitrogens with one attached hydrogen (secondary N) is 1. The van der Waals surface area contributed by atoms with Gasteiger partial charge in [0.25, 0.3) is 17.7 Å². The summed E-state index contributed by atoms with van der Waals surface area (Å²) in [5.41, 5.74) is 0.517. The van der Waals surface area contributed by atoms with Crippen molar-refractivity contribution in [2.75, 3.05) is 6.54 Å². The SMILES string of the molecule is CCNC(=O)[C@@H](C)OC(=O)[C@H](C)N1C(=O)c2ccccc2C1=O. The number of amides is 3. The molecule has 0 saturated carbocycles. The number of esters is 1. The van der Waals surface area contributed by atoms with E-state index in [0.29, 0.717) is 6.54 Å². The molecule has 2 rings (SSSR count). The van der Waals surface area contributed by atoms with Crippen molar-refractivity contribution < 1.29 is 23.9 Å². The average molecular weight is 318 g/mol. The van der Waals surface area contributed by atoms with Crippen LogP contribution in [0.4, 0.5) is 0 Å². The number of hydrogen-bond donors (Lipinski definition) is 1. The van der Waals surface area contributed by atoms with E-state index in [4.69, 9.17) is 4.74 Å². The summed E-state index contributed by atoms with van der Waals surface area (Å²) in [6.45, 7) is 4.98. The van der Waals surface area contributed by atoms with Crippen LogP contribution in [0.3, 0.4) is 0 Å². The first kappa shape index (κ1) is 16.7. The van der Waals surface area contributed by atoms with Crippen LogP contribution in [0.15, 0.2) is 24.3 Å². The van der Waals surface area contributed by atoms with E-state index in [1.807, 2.05) is 0 Å². The van der Waals surface area contributed by atoms with Crippen molar-refractivity contribution in [3.8, 4) is 0 Å². The fourth-order valence-electron chi connectivity index (χ4n) is 2.31. The van der Waals surface area contributed by atoms with Crippen molar-refractivity contribution in [3.63, 3.8) is 0 Å². The van der Waals surface area contributed by atoms with Crippen molar-refractivity contribution in [1.82, 2.24) is 10.2 Å². The van der Waals surface area contributed by atoms with Gasteiger partial charge in [0, 0.05) is 6.54 Å². The molecule has 0 saturated heterocycles. The second kappa shape index (κ2) is 6.60. The van der Waals surface area contributed by atoms with Crippen molar-refractivity contribution >= 4 is 23.7 Å². The molecule has 1 aliphatic heterocycles. The molecular formula is C16H18N2O5. The van der Waals surface area contributed by atoms with Gasteiger partial charge in [-0.25, -0.2) is 4.79 Å². The van der Waals surface area contributed by atoms with Gasteiger partial charge in [-0.15, -0.1) is 0 Å². The van der Waals surface area contributed by atoms with Gasteiger partial charge in [-0.3, -0.25) is 19.3 Å². The Morgan fingerprint density at radius 3 is 2.13 bits per heavy atom. The molecule has 0 radical (unpaired) electrons. The van der Waals surface area contributed by atoms with Crippen LogP contribution < -0.4 is 5.32 Å². The highest BCUT2D eigenvalue weighted by Gasteiger charge is 2.41. The van der Waals surface area contributed by atoms with Crippen LogP contribution in [0.2, 0.25) is 0 Å². The number of fused-ring (bicyclic) bond motifs is 1. The molecule has 7 heteroatoms. The van der Waals surface area contributed by atoms with Crippen LogP contribution in [-0.2, 0) is 14.3 Å². The highest BCUT2D eigenvalue weighted by atomic mass is 16.5. The van der Waals surface area contributed by atoms with E-state index in [1.165, 1.54) is 26.0 Å². The number of imide groups is 1. The number of rotatable bonds is 5. The Morgan fingerprint density at radius 1 is 1.13 bits per heavy atom. The number of carbonyl (C=O) groups is 4. The van der Waals surface area contributed by atoms with Gasteiger partial charge in [0.05, 0.1) is 11.1 Å². The van der Waals surface area contributed by atoms with Gasteiger partial charge in [0.2, 0.25) is 0 Å². The van der Waals surface area contributed by atoms with Crippen LogP contribution in [-0.4, -0.2) is 47.3 Å². The monoisotopic (exact) mass is 318 g/mol. The molecule has 1 aliphatic rings. The fourth-order valence-corrected chi connectivity index (χ4v) is 2.31. The normalized spacial score (nSPS) is 15.9. The number of ether oxygens (including phenoxy) is 1. The Kier molecular flexibility index (Phi) is 4.78. The first-order chi connectivity index (χ1) is 10.9. The topological polar surface area (TPSA) is 92.8 Å². The molecule has 0 unspecified atom stereocenters. The van der Waals surface area contributed by atoms with E-state index in [-0.39, 0.29) is 11.1 Å². The quantitative estimate of drug-likeness (QED) is 0.638. The molecular weight excluding hydrogens is 300 g/mol. The van der Waals surface area contributed by atoms with Crippen LogP contribution in [0, 0.1) is 0 Å². The van der Waals surface area contributed by atoms with Crippen LogP contribution in [0.1, 0.15) is 41.5 Å². The molecule has 0 aromatic heterocycles. The minimum atomic E-state index is -1.11. The lowest BCUT2D eigenvalue weighted by Crippen LogP contribution is -2.46. The standard InChI is InChI=1S/C16H18N2O5/c1-4-17-13(19)10(3)23-16(22)9(2)18-14(20)11-7-5-6-8-12(11)15(18)21/h5-10H,4H2,1-3H3,(H,17,19)/t9-,10+/m0/s1. The Labute approximate surface area is 133 Å². The van der Waals surface area contributed by atoms with Gasteiger partial charge < -0.3 is 10.1 Å². The van der Waals surface area contributed by atoms with Crippen LogP contribution >= 0.6 is 0 Å². The zero-order valence-electron chi connectivity index (χ0n) is 13.2. The third-order valence-electron chi connectivity index (χ3n) is 3.57. The number of likely N-dealkylation sites (N-methyl/N-ethyl adjacent to an activating group) is 1. The number of nitrogens with zero attached hydrogens (tertiary/aromatic N) is 1. The van der Waals surface area contributed by atoms with Crippen LogP contribution in [0.5, 0.6) is 0 Å². The Bertz CT molecular complexity index is 635. The molecule has 2 atom stereocenters. The maximum atomic E-state index is 12.3. The molecule has 0 spiro atoms. The van der Waals surface area contributed by atoms with Crippen molar-refractivity contribution in [3.05, 3.63) is 35.4 Å². The van der Waals surface area contributed by atoms with Crippen molar-refractivity contribution in [2.45, 2.75) is 32.9 Å². The van der Waals surface area contributed by atoms with Gasteiger partial charge in [-0.1, -0.05) is 12.1 Å². The predicted molar refractivity (Wildman–Crippen MR) is 80.6 cm³/mol.